The van der Waals surface area contributed by atoms with Gasteiger partial charge in [-0.25, -0.2) is 0 Å². The number of aliphatic imine (C=N–C) groups is 2. The summed E-state index contributed by atoms with van der Waals surface area (Å²) in [5.41, 5.74) is 2.66. The van der Waals surface area contributed by atoms with Gasteiger partial charge in [0.05, 0.1) is 11.9 Å². The van der Waals surface area contributed by atoms with E-state index in [9.17, 15) is 0 Å². The number of amidine groups is 1. The second-order valence-corrected chi connectivity index (χ2v) is 4.71. The van der Waals surface area contributed by atoms with Crippen molar-refractivity contribution in [1.82, 2.24) is 5.32 Å². The molecule has 3 heteroatoms. The zero-order valence-electron chi connectivity index (χ0n) is 16.9. The molecule has 1 unspecified atom stereocenters. The molecule has 0 aliphatic heterocycles. The lowest BCUT2D eigenvalue weighted by Crippen LogP contribution is -2.26. The summed E-state index contributed by atoms with van der Waals surface area (Å²) in [5.74, 6) is 0.957. The summed E-state index contributed by atoms with van der Waals surface area (Å²) in [7, 11) is 3.61. The van der Waals surface area contributed by atoms with Gasteiger partial charge in [0.15, 0.2) is 0 Å². The van der Waals surface area contributed by atoms with E-state index in [4.69, 9.17) is 0 Å². The average Bonchev–Trinajstić information content (AvgIpc) is 2.67. The minimum atomic E-state index is 0.247. The number of nitrogens with zero attached hydrogens (tertiary/aromatic N) is 2. The van der Waals surface area contributed by atoms with Gasteiger partial charge in [-0.15, -0.1) is 0 Å². The van der Waals surface area contributed by atoms with E-state index in [0.717, 1.165) is 18.7 Å². The van der Waals surface area contributed by atoms with Gasteiger partial charge >= 0.3 is 0 Å². The van der Waals surface area contributed by atoms with Crippen LogP contribution >= 0.6 is 0 Å². The van der Waals surface area contributed by atoms with Gasteiger partial charge in [0, 0.05) is 20.3 Å². The Hall–Kier alpha value is -1.90. The minimum Gasteiger partial charge on any atom is -0.367 e. The van der Waals surface area contributed by atoms with Crippen LogP contribution in [0.25, 0.3) is 0 Å². The SMILES string of the molecule is CC.CC.CC/C(=C\C=NC)CC(NC(C)=NC)c1ccccc1. The van der Waals surface area contributed by atoms with Crippen LogP contribution in [-0.2, 0) is 0 Å². The standard InChI is InChI=1S/C17H25N3.2C2H6/c1-5-15(11-12-18-3)13-17(20-14(2)19-4)16-9-7-6-8-10-16;2*1-2/h6-12,17H,5,13H2,1-4H3,(H,19,20);2*1-2H3/b15-11+,18-12?;;. The van der Waals surface area contributed by atoms with E-state index in [0.29, 0.717) is 0 Å². The molecule has 0 spiro atoms. The number of benzene rings is 1. The Labute approximate surface area is 150 Å². The van der Waals surface area contributed by atoms with Crippen molar-refractivity contribution in [2.75, 3.05) is 14.1 Å². The van der Waals surface area contributed by atoms with Crippen molar-refractivity contribution in [3.63, 3.8) is 0 Å². The quantitative estimate of drug-likeness (QED) is 0.515. The summed E-state index contributed by atoms with van der Waals surface area (Å²) >= 11 is 0. The highest BCUT2D eigenvalue weighted by Crippen LogP contribution is 2.22. The Bertz CT molecular complexity index is 473. The lowest BCUT2D eigenvalue weighted by molar-refractivity contribution is 0.627. The number of hydrogen-bond acceptors (Lipinski definition) is 2. The molecule has 0 saturated heterocycles. The molecule has 1 N–H and O–H groups in total. The molecule has 0 aliphatic rings. The van der Waals surface area contributed by atoms with Crippen molar-refractivity contribution in [2.45, 2.75) is 60.4 Å². The van der Waals surface area contributed by atoms with Gasteiger partial charge in [-0.2, -0.15) is 0 Å². The maximum Gasteiger partial charge on any atom is 0.0933 e. The van der Waals surface area contributed by atoms with E-state index >= 15 is 0 Å². The monoisotopic (exact) mass is 331 g/mol. The molecule has 136 valence electrons. The highest BCUT2D eigenvalue weighted by atomic mass is 15.0. The van der Waals surface area contributed by atoms with E-state index in [1.807, 2.05) is 53.9 Å². The van der Waals surface area contributed by atoms with E-state index in [1.54, 1.807) is 7.05 Å². The van der Waals surface area contributed by atoms with Gasteiger partial charge in [0.2, 0.25) is 0 Å². The number of nitrogens with one attached hydrogen (secondary N) is 1. The summed E-state index contributed by atoms with van der Waals surface area (Å²) in [6, 6.07) is 10.7. The van der Waals surface area contributed by atoms with Gasteiger partial charge in [-0.05, 0) is 31.4 Å². The summed E-state index contributed by atoms with van der Waals surface area (Å²) in [6.45, 7) is 12.2. The van der Waals surface area contributed by atoms with Crippen LogP contribution in [0.5, 0.6) is 0 Å². The van der Waals surface area contributed by atoms with Gasteiger partial charge in [0.25, 0.3) is 0 Å². The molecule has 0 amide bonds. The lowest BCUT2D eigenvalue weighted by atomic mass is 9.97. The Kier molecular flexibility index (Phi) is 17.7. The summed E-state index contributed by atoms with van der Waals surface area (Å²) < 4.78 is 0. The van der Waals surface area contributed by atoms with Crippen molar-refractivity contribution in [3.05, 3.63) is 47.5 Å². The number of allylic oxidation sites excluding steroid dienone is 1. The van der Waals surface area contributed by atoms with Crippen LogP contribution in [0.15, 0.2) is 52.0 Å². The Morgan fingerprint density at radius 3 is 2.12 bits per heavy atom. The number of hydrogen-bond donors (Lipinski definition) is 1. The second-order valence-electron chi connectivity index (χ2n) is 4.71. The second kappa shape index (κ2) is 17.5. The highest BCUT2D eigenvalue weighted by molar-refractivity contribution is 5.79. The Morgan fingerprint density at radius 1 is 1.08 bits per heavy atom. The fourth-order valence-electron chi connectivity index (χ4n) is 2.03. The van der Waals surface area contributed by atoms with Gasteiger partial charge in [0.1, 0.15) is 0 Å². The van der Waals surface area contributed by atoms with Crippen LogP contribution in [0.2, 0.25) is 0 Å². The molecule has 24 heavy (non-hydrogen) atoms. The van der Waals surface area contributed by atoms with E-state index < -0.39 is 0 Å². The molecule has 1 rings (SSSR count). The molecule has 0 bridgehead atoms. The first-order chi connectivity index (χ1) is 11.7. The third-order valence-corrected chi connectivity index (χ3v) is 3.30. The molecule has 0 aromatic heterocycles. The number of rotatable bonds is 6. The van der Waals surface area contributed by atoms with Crippen molar-refractivity contribution in [2.24, 2.45) is 9.98 Å². The van der Waals surface area contributed by atoms with E-state index in [-0.39, 0.29) is 6.04 Å². The Morgan fingerprint density at radius 2 is 1.67 bits per heavy atom. The molecule has 0 radical (unpaired) electrons. The first kappa shape index (κ1) is 24.4. The molecule has 0 heterocycles. The highest BCUT2D eigenvalue weighted by Gasteiger charge is 2.12. The molecule has 0 fully saturated rings. The molecule has 1 aromatic rings. The first-order valence-corrected chi connectivity index (χ1v) is 9.06. The smallest absolute Gasteiger partial charge is 0.0933 e. The molecule has 1 atom stereocenters. The fourth-order valence-corrected chi connectivity index (χ4v) is 2.03. The zero-order chi connectivity index (χ0) is 18.8. The predicted octanol–water partition coefficient (Wildman–Crippen LogP) is 5.85. The van der Waals surface area contributed by atoms with Gasteiger partial charge in [-0.1, -0.05) is 70.5 Å². The van der Waals surface area contributed by atoms with E-state index in [1.165, 1.54) is 11.1 Å². The van der Waals surface area contributed by atoms with Crippen molar-refractivity contribution >= 4 is 12.1 Å². The van der Waals surface area contributed by atoms with Crippen molar-refractivity contribution < 1.29 is 0 Å². The molecule has 0 aliphatic carbocycles. The zero-order valence-corrected chi connectivity index (χ0v) is 16.9. The van der Waals surface area contributed by atoms with Crippen LogP contribution in [0.3, 0.4) is 0 Å². The lowest BCUT2D eigenvalue weighted by Gasteiger charge is -2.21. The maximum atomic E-state index is 4.21. The van der Waals surface area contributed by atoms with Crippen LogP contribution < -0.4 is 5.32 Å². The molecular formula is C21H37N3. The molecule has 3 nitrogen and oxygen atoms in total. The maximum absolute atomic E-state index is 4.21. The molecule has 1 aromatic carbocycles. The van der Waals surface area contributed by atoms with Gasteiger partial charge < -0.3 is 5.32 Å². The average molecular weight is 332 g/mol. The predicted molar refractivity (Wildman–Crippen MR) is 111 cm³/mol. The van der Waals surface area contributed by atoms with Crippen LogP contribution in [-0.4, -0.2) is 26.1 Å². The van der Waals surface area contributed by atoms with Crippen LogP contribution in [0, 0.1) is 0 Å². The van der Waals surface area contributed by atoms with Crippen molar-refractivity contribution in [3.8, 4) is 0 Å². The Balaban J connectivity index is 0. The molecular weight excluding hydrogens is 294 g/mol. The minimum absolute atomic E-state index is 0.247. The molecule has 0 saturated carbocycles. The summed E-state index contributed by atoms with van der Waals surface area (Å²) in [6.07, 6.45) is 5.95. The first-order valence-electron chi connectivity index (χ1n) is 9.06. The summed E-state index contributed by atoms with van der Waals surface area (Å²) in [4.78, 5) is 8.24. The third kappa shape index (κ3) is 10.8. The normalized spacial score (nSPS) is 12.7. The topological polar surface area (TPSA) is 36.8 Å². The summed E-state index contributed by atoms with van der Waals surface area (Å²) in [5, 5.41) is 3.49. The van der Waals surface area contributed by atoms with Gasteiger partial charge in [-0.3, -0.25) is 9.98 Å². The van der Waals surface area contributed by atoms with E-state index in [2.05, 4.69) is 52.6 Å². The van der Waals surface area contributed by atoms with Crippen LogP contribution in [0.4, 0.5) is 0 Å². The van der Waals surface area contributed by atoms with Crippen molar-refractivity contribution in [1.29, 1.82) is 0 Å². The fraction of sp³-hybridized carbons (Fsp3) is 0.524. The van der Waals surface area contributed by atoms with Crippen LogP contribution in [0.1, 0.15) is 66.0 Å². The third-order valence-electron chi connectivity index (χ3n) is 3.30. The largest absolute Gasteiger partial charge is 0.367 e.